The summed E-state index contributed by atoms with van der Waals surface area (Å²) in [5.41, 5.74) is 0. The van der Waals surface area contributed by atoms with Gasteiger partial charge in [-0.2, -0.15) is 11.8 Å². The molecule has 0 saturated carbocycles. The van der Waals surface area contributed by atoms with E-state index >= 15 is 0 Å². The van der Waals surface area contributed by atoms with Crippen molar-refractivity contribution in [3.05, 3.63) is 0 Å². The van der Waals surface area contributed by atoms with Gasteiger partial charge in [-0.3, -0.25) is 19.2 Å². The number of rotatable bonds is 21. The first-order valence-electron chi connectivity index (χ1n) is 14.6. The van der Waals surface area contributed by atoms with Crippen LogP contribution in [0.2, 0.25) is 0 Å². The van der Waals surface area contributed by atoms with Crippen molar-refractivity contribution in [2.24, 2.45) is 5.92 Å². The molecule has 0 rings (SSSR count). The van der Waals surface area contributed by atoms with Crippen LogP contribution in [-0.2, 0) is 24.0 Å². The van der Waals surface area contributed by atoms with Crippen LogP contribution >= 0.6 is 11.8 Å². The zero-order chi connectivity index (χ0) is 31.3. The minimum atomic E-state index is -1.14. The molecule has 0 spiro atoms. The Morgan fingerprint density at radius 1 is 0.875 bits per heavy atom. The zero-order valence-corrected chi connectivity index (χ0v) is 27.1. The highest BCUT2D eigenvalue weighted by molar-refractivity contribution is 7.98. The Bertz CT molecular complexity index is 677. The average Bonchev–Trinajstić information content (AvgIpc) is 2.87. The Hall–Kier alpha value is -2.14. The molecule has 0 bridgehead atoms. The van der Waals surface area contributed by atoms with Gasteiger partial charge in [0.1, 0.15) is 11.8 Å². The molecule has 0 radical (unpaired) electrons. The van der Waals surface area contributed by atoms with Crippen molar-refractivity contribution in [2.75, 3.05) is 25.1 Å². The number of Topliss-reactive ketones (excluding diaryl/α,β-unsaturated/α-hetero) is 1. The van der Waals surface area contributed by atoms with Crippen LogP contribution in [0, 0.1) is 5.92 Å². The van der Waals surface area contributed by atoms with Crippen molar-refractivity contribution in [1.82, 2.24) is 21.3 Å². The number of hydrogen-bond donors (Lipinski definition) is 5. The van der Waals surface area contributed by atoms with Gasteiger partial charge in [-0.05, 0) is 57.5 Å². The number of thioether (sulfide) groups is 1. The first-order valence-corrected chi connectivity index (χ1v) is 16.0. The van der Waals surface area contributed by atoms with Crippen molar-refractivity contribution in [3.63, 3.8) is 0 Å². The van der Waals surface area contributed by atoms with Crippen molar-refractivity contribution >= 4 is 41.7 Å². The van der Waals surface area contributed by atoms with Crippen molar-refractivity contribution in [1.29, 1.82) is 0 Å². The van der Waals surface area contributed by atoms with E-state index < -0.39 is 17.9 Å². The molecule has 40 heavy (non-hydrogen) atoms. The Balaban J connectivity index is -0.000000871. The molecule has 2 atom stereocenters. The summed E-state index contributed by atoms with van der Waals surface area (Å²) >= 11 is 1.92. The summed E-state index contributed by atoms with van der Waals surface area (Å²) in [6, 6.07) is 0.268. The van der Waals surface area contributed by atoms with E-state index in [-0.39, 0.29) is 30.6 Å². The standard InChI is InChI=1S/C18H31N3O6.C8H19NS.C3H8/c1-13(2)15(23)8-3-4-9-16(24)20-10-6-5-7-14(18(26)27)21-17(25)11-19-12-22;1-7(2)9-8(3)5-6-10-4;1-3-2/h12-14H,3-11H2,1-2H3,(H,19,22)(H,20,24)(H,21,25)(H,26,27);7-9H,5-6H2,1-4H3;3H2,1-2H3. The van der Waals surface area contributed by atoms with Gasteiger partial charge in [0.25, 0.3) is 0 Å². The maximum atomic E-state index is 11.7. The Morgan fingerprint density at radius 2 is 1.48 bits per heavy atom. The Labute approximate surface area is 247 Å². The first-order chi connectivity index (χ1) is 18.9. The van der Waals surface area contributed by atoms with E-state index in [1.54, 1.807) is 0 Å². The third kappa shape index (κ3) is 32.1. The number of carboxylic acids is 1. The highest BCUT2D eigenvalue weighted by Gasteiger charge is 2.19. The minimum absolute atomic E-state index is 0.0273. The summed E-state index contributed by atoms with van der Waals surface area (Å²) in [4.78, 5) is 55.8. The van der Waals surface area contributed by atoms with Gasteiger partial charge in [-0.25, -0.2) is 4.79 Å². The molecule has 0 aromatic rings. The van der Waals surface area contributed by atoms with Crippen LogP contribution in [0.15, 0.2) is 0 Å². The van der Waals surface area contributed by atoms with E-state index in [1.165, 1.54) is 18.6 Å². The number of aliphatic carboxylic acids is 1. The van der Waals surface area contributed by atoms with Crippen molar-refractivity contribution < 1.29 is 29.1 Å². The third-order valence-corrected chi connectivity index (χ3v) is 5.96. The number of unbranched alkanes of at least 4 members (excludes halogenated alkanes) is 2. The van der Waals surface area contributed by atoms with E-state index in [4.69, 9.17) is 5.11 Å². The van der Waals surface area contributed by atoms with Gasteiger partial charge in [0, 0.05) is 37.4 Å². The largest absolute Gasteiger partial charge is 0.480 e. The number of carbonyl (C=O) groups is 5. The molecule has 2 unspecified atom stereocenters. The van der Waals surface area contributed by atoms with Crippen LogP contribution in [-0.4, -0.2) is 78.3 Å². The van der Waals surface area contributed by atoms with E-state index in [1.807, 2.05) is 25.6 Å². The molecular formula is C29H58N4O6S. The highest BCUT2D eigenvalue weighted by Crippen LogP contribution is 2.06. The van der Waals surface area contributed by atoms with Gasteiger partial charge >= 0.3 is 5.97 Å². The summed E-state index contributed by atoms with van der Waals surface area (Å²) in [5.74, 6) is -0.305. The highest BCUT2D eigenvalue weighted by atomic mass is 32.2. The Kier molecular flexibility index (Phi) is 31.6. The first kappa shape index (κ1) is 42.3. The normalized spacial score (nSPS) is 11.8. The smallest absolute Gasteiger partial charge is 0.326 e. The molecule has 0 aliphatic carbocycles. The van der Waals surface area contributed by atoms with Crippen LogP contribution in [0.25, 0.3) is 0 Å². The third-order valence-electron chi connectivity index (χ3n) is 5.31. The van der Waals surface area contributed by atoms with Gasteiger partial charge in [-0.1, -0.05) is 48.0 Å². The molecule has 0 aliphatic heterocycles. The lowest BCUT2D eigenvalue weighted by molar-refractivity contribution is -0.142. The van der Waals surface area contributed by atoms with Gasteiger partial charge in [0.2, 0.25) is 18.2 Å². The average molecular weight is 591 g/mol. The second-order valence-electron chi connectivity index (χ2n) is 10.3. The molecule has 0 aliphatic rings. The van der Waals surface area contributed by atoms with Gasteiger partial charge in [-0.15, -0.1) is 0 Å². The maximum Gasteiger partial charge on any atom is 0.326 e. The zero-order valence-electron chi connectivity index (χ0n) is 26.3. The van der Waals surface area contributed by atoms with E-state index in [2.05, 4.69) is 62.1 Å². The second-order valence-corrected chi connectivity index (χ2v) is 11.3. The van der Waals surface area contributed by atoms with Crippen LogP contribution < -0.4 is 21.3 Å². The lowest BCUT2D eigenvalue weighted by Crippen LogP contribution is -2.44. The lowest BCUT2D eigenvalue weighted by atomic mass is 10.0. The second kappa shape index (κ2) is 29.8. The predicted molar refractivity (Wildman–Crippen MR) is 166 cm³/mol. The number of amides is 3. The van der Waals surface area contributed by atoms with Crippen LogP contribution in [0.1, 0.15) is 106 Å². The van der Waals surface area contributed by atoms with E-state index in [0.29, 0.717) is 63.6 Å². The molecule has 0 fully saturated rings. The molecule has 236 valence electrons. The van der Waals surface area contributed by atoms with Crippen molar-refractivity contribution in [2.45, 2.75) is 124 Å². The summed E-state index contributed by atoms with van der Waals surface area (Å²) in [6.45, 7) is 14.7. The molecule has 0 saturated heterocycles. The topological polar surface area (TPSA) is 154 Å². The number of hydrogen-bond acceptors (Lipinski definition) is 7. The SMILES string of the molecule is CC(C)C(=O)CCCCC(=O)NCCCCC(NC(=O)CNC=O)C(=O)O.CCC.CSCCC(C)NC(C)C. The molecular weight excluding hydrogens is 532 g/mol. The quantitative estimate of drug-likeness (QED) is 0.0996. The summed E-state index contributed by atoms with van der Waals surface area (Å²) in [6.07, 6.45) is 8.59. The van der Waals surface area contributed by atoms with Crippen LogP contribution in [0.3, 0.4) is 0 Å². The van der Waals surface area contributed by atoms with Crippen LogP contribution in [0.5, 0.6) is 0 Å². The molecule has 11 heteroatoms. The minimum Gasteiger partial charge on any atom is -0.480 e. The summed E-state index contributed by atoms with van der Waals surface area (Å²) in [7, 11) is 0. The van der Waals surface area contributed by atoms with Gasteiger partial charge in [0.15, 0.2) is 0 Å². The Morgan fingerprint density at radius 3 is 1.98 bits per heavy atom. The van der Waals surface area contributed by atoms with Crippen LogP contribution in [0.4, 0.5) is 0 Å². The summed E-state index contributed by atoms with van der Waals surface area (Å²) in [5, 5.41) is 19.8. The molecule has 0 aromatic carbocycles. The number of carboxylic acid groups (broad SMARTS) is 1. The molecule has 10 nitrogen and oxygen atoms in total. The maximum absolute atomic E-state index is 11.7. The van der Waals surface area contributed by atoms with Gasteiger partial charge < -0.3 is 26.4 Å². The van der Waals surface area contributed by atoms with E-state index in [9.17, 15) is 24.0 Å². The fraction of sp³-hybridized carbons (Fsp3) is 0.828. The lowest BCUT2D eigenvalue weighted by Gasteiger charge is -2.15. The monoisotopic (exact) mass is 590 g/mol. The van der Waals surface area contributed by atoms with E-state index in [0.717, 1.165) is 0 Å². The fourth-order valence-electron chi connectivity index (χ4n) is 3.25. The summed E-state index contributed by atoms with van der Waals surface area (Å²) < 4.78 is 0. The molecule has 0 heterocycles. The molecule has 5 N–H and O–H groups in total. The van der Waals surface area contributed by atoms with Crippen molar-refractivity contribution in [3.8, 4) is 0 Å². The number of nitrogens with one attached hydrogen (secondary N) is 4. The predicted octanol–water partition coefficient (Wildman–Crippen LogP) is 3.92. The number of carbonyl (C=O) groups excluding carboxylic acids is 4. The van der Waals surface area contributed by atoms with Gasteiger partial charge in [0.05, 0.1) is 6.54 Å². The number of ketones is 1. The molecule has 0 aromatic heterocycles. The fourth-order valence-corrected chi connectivity index (χ4v) is 3.84. The molecule has 3 amide bonds.